The van der Waals surface area contributed by atoms with Crippen LogP contribution < -0.4 is 4.74 Å². The average Bonchev–Trinajstić information content (AvgIpc) is 2.41. The molecule has 0 bridgehead atoms. The van der Waals surface area contributed by atoms with E-state index >= 15 is 0 Å². The second-order valence-electron chi connectivity index (χ2n) is 4.13. The lowest BCUT2D eigenvalue weighted by Gasteiger charge is -2.14. The van der Waals surface area contributed by atoms with Gasteiger partial charge in [0.15, 0.2) is 11.0 Å². The molecule has 1 heterocycles. The molecule has 0 saturated heterocycles. The van der Waals surface area contributed by atoms with Gasteiger partial charge >= 0.3 is 0 Å². The third-order valence-corrected chi connectivity index (χ3v) is 4.12. The molecule has 0 aliphatic rings. The van der Waals surface area contributed by atoms with E-state index in [1.165, 1.54) is 0 Å². The van der Waals surface area contributed by atoms with Crippen LogP contribution in [0.2, 0.25) is 5.02 Å². The van der Waals surface area contributed by atoms with Crippen LogP contribution in [0.15, 0.2) is 35.4 Å². The molecule has 112 valence electrons. The molecule has 0 amide bonds. The number of hydrogen-bond donors (Lipinski definition) is 1. The molecule has 8 heteroatoms. The summed E-state index contributed by atoms with van der Waals surface area (Å²) in [6.45, 7) is 1.61. The zero-order valence-corrected chi connectivity index (χ0v) is 13.2. The molecule has 0 atom stereocenters. The molecule has 0 radical (unpaired) electrons. The fourth-order valence-electron chi connectivity index (χ4n) is 1.91. The highest BCUT2D eigenvalue weighted by Gasteiger charge is 2.23. The molecule has 5 nitrogen and oxygen atoms in total. The second kappa shape index (κ2) is 6.19. The van der Waals surface area contributed by atoms with E-state index in [0.717, 1.165) is 6.20 Å². The Hall–Kier alpha value is -1.34. The summed E-state index contributed by atoms with van der Waals surface area (Å²) in [5, 5.41) is 0.463. The largest absolute Gasteiger partial charge is 0.476 e. The van der Waals surface area contributed by atoms with Crippen LogP contribution in [0.25, 0.3) is 11.3 Å². The van der Waals surface area contributed by atoms with E-state index in [9.17, 15) is 13.0 Å². The van der Waals surface area contributed by atoms with Crippen molar-refractivity contribution in [1.82, 2.24) is 4.98 Å². The van der Waals surface area contributed by atoms with Gasteiger partial charge in [0.05, 0.1) is 11.9 Å². The van der Waals surface area contributed by atoms with Crippen LogP contribution >= 0.6 is 23.2 Å². The molecule has 0 aliphatic carbocycles. The van der Waals surface area contributed by atoms with Crippen LogP contribution in [-0.2, 0) is 10.1 Å². The van der Waals surface area contributed by atoms with Crippen LogP contribution in [0.1, 0.15) is 5.56 Å². The summed E-state index contributed by atoms with van der Waals surface area (Å²) in [6.07, 6.45) is 1.02. The average molecular weight is 348 g/mol. The molecule has 1 aromatic heterocycles. The predicted molar refractivity (Wildman–Crippen MR) is 80.6 cm³/mol. The number of halogens is 2. The number of aromatic nitrogens is 1. The molecule has 0 aliphatic heterocycles. The van der Waals surface area contributed by atoms with Crippen molar-refractivity contribution < 1.29 is 17.7 Å². The predicted octanol–water partition coefficient (Wildman–Crippen LogP) is 3.53. The van der Waals surface area contributed by atoms with E-state index in [1.807, 2.05) is 0 Å². The maximum Gasteiger partial charge on any atom is 0.299 e. The second-order valence-corrected chi connectivity index (χ2v) is 6.15. The van der Waals surface area contributed by atoms with E-state index in [4.69, 9.17) is 27.9 Å². The van der Waals surface area contributed by atoms with Gasteiger partial charge in [0.2, 0.25) is 0 Å². The molecule has 21 heavy (non-hydrogen) atoms. The molecule has 2 aromatic rings. The van der Waals surface area contributed by atoms with E-state index in [-0.39, 0.29) is 11.8 Å². The molecular formula is C13H11Cl2NO4S. The Balaban J connectivity index is 2.72. The maximum atomic E-state index is 11.4. The third kappa shape index (κ3) is 3.29. The van der Waals surface area contributed by atoms with Gasteiger partial charge in [0.1, 0.15) is 5.75 Å². The Labute approximate surface area is 132 Å². The van der Waals surface area contributed by atoms with Crippen molar-refractivity contribution >= 4 is 33.3 Å². The quantitative estimate of drug-likeness (QED) is 0.676. The minimum absolute atomic E-state index is 0.0441. The topological polar surface area (TPSA) is 76.5 Å². The highest BCUT2D eigenvalue weighted by Crippen LogP contribution is 2.36. The Morgan fingerprint density at radius 3 is 2.57 bits per heavy atom. The van der Waals surface area contributed by atoms with Crippen molar-refractivity contribution in [3.8, 4) is 17.0 Å². The van der Waals surface area contributed by atoms with Crippen molar-refractivity contribution in [2.24, 2.45) is 0 Å². The lowest BCUT2D eigenvalue weighted by atomic mass is 10.1. The van der Waals surface area contributed by atoms with Gasteiger partial charge < -0.3 is 4.74 Å². The Bertz CT molecular complexity index is 778. The minimum Gasteiger partial charge on any atom is -0.476 e. The first kappa shape index (κ1) is 16.0. The SMILES string of the molecule is Cc1c(-c2ccccc2Cl)ncc(S(=O)(=O)O)c1OCCl. The lowest BCUT2D eigenvalue weighted by molar-refractivity contribution is 0.370. The number of ether oxygens (including phenoxy) is 1. The number of nitrogens with zero attached hydrogens (tertiary/aromatic N) is 1. The minimum atomic E-state index is -4.47. The van der Waals surface area contributed by atoms with Gasteiger partial charge in [-0.15, -0.1) is 0 Å². The number of benzene rings is 1. The first-order chi connectivity index (χ1) is 9.86. The molecule has 1 aromatic carbocycles. The normalized spacial score (nSPS) is 11.4. The van der Waals surface area contributed by atoms with Crippen LogP contribution in [0, 0.1) is 6.92 Å². The van der Waals surface area contributed by atoms with Crippen LogP contribution in [0.5, 0.6) is 5.75 Å². The summed E-state index contributed by atoms with van der Waals surface area (Å²) in [4.78, 5) is 3.64. The summed E-state index contributed by atoms with van der Waals surface area (Å²) in [6, 6.07) is 6.71. The van der Waals surface area contributed by atoms with Gasteiger partial charge in [0, 0.05) is 16.1 Å². The van der Waals surface area contributed by atoms with Crippen molar-refractivity contribution in [3.63, 3.8) is 0 Å². The summed E-state index contributed by atoms with van der Waals surface area (Å²) in [5.74, 6) is -0.0441. The van der Waals surface area contributed by atoms with Crippen LogP contribution in [0.4, 0.5) is 0 Å². The first-order valence-electron chi connectivity index (χ1n) is 5.77. The zero-order chi connectivity index (χ0) is 15.6. The summed E-state index contributed by atoms with van der Waals surface area (Å²) in [5.41, 5.74) is 1.49. The molecule has 0 spiro atoms. The van der Waals surface area contributed by atoms with E-state index in [1.54, 1.807) is 31.2 Å². The molecule has 0 saturated carbocycles. The van der Waals surface area contributed by atoms with Crippen LogP contribution in [0.3, 0.4) is 0 Å². The lowest BCUT2D eigenvalue weighted by Crippen LogP contribution is -2.06. The Morgan fingerprint density at radius 2 is 2.00 bits per heavy atom. The van der Waals surface area contributed by atoms with Crippen molar-refractivity contribution in [3.05, 3.63) is 41.0 Å². The van der Waals surface area contributed by atoms with Crippen LogP contribution in [-0.4, -0.2) is 24.0 Å². The first-order valence-corrected chi connectivity index (χ1v) is 8.12. The van der Waals surface area contributed by atoms with E-state index in [2.05, 4.69) is 4.98 Å². The van der Waals surface area contributed by atoms with Gasteiger partial charge in [-0.3, -0.25) is 9.54 Å². The number of hydrogen-bond acceptors (Lipinski definition) is 4. The van der Waals surface area contributed by atoms with Gasteiger partial charge in [-0.1, -0.05) is 41.4 Å². The fourth-order valence-corrected chi connectivity index (χ4v) is 2.88. The monoisotopic (exact) mass is 347 g/mol. The third-order valence-electron chi connectivity index (χ3n) is 2.84. The van der Waals surface area contributed by atoms with Gasteiger partial charge in [-0.25, -0.2) is 0 Å². The standard InChI is InChI=1S/C13H11Cl2NO4S/c1-8-12(9-4-2-3-5-10(9)15)16-6-11(21(17,18)19)13(8)20-7-14/h2-6H,7H2,1H3,(H,17,18,19). The molecule has 2 rings (SSSR count). The van der Waals surface area contributed by atoms with Crippen molar-refractivity contribution in [2.45, 2.75) is 11.8 Å². The van der Waals surface area contributed by atoms with E-state index in [0.29, 0.717) is 21.8 Å². The number of pyridine rings is 1. The van der Waals surface area contributed by atoms with Gasteiger partial charge in [-0.05, 0) is 13.0 Å². The molecular weight excluding hydrogens is 337 g/mol. The Kier molecular flexibility index (Phi) is 4.73. The van der Waals surface area contributed by atoms with Gasteiger partial charge in [0.25, 0.3) is 10.1 Å². The summed E-state index contributed by atoms with van der Waals surface area (Å²) >= 11 is 11.6. The number of alkyl halides is 1. The molecule has 0 unspecified atom stereocenters. The Morgan fingerprint density at radius 1 is 1.33 bits per heavy atom. The van der Waals surface area contributed by atoms with Gasteiger partial charge in [-0.2, -0.15) is 8.42 Å². The summed E-state index contributed by atoms with van der Waals surface area (Å²) in [7, 11) is -4.47. The zero-order valence-electron chi connectivity index (χ0n) is 10.9. The maximum absolute atomic E-state index is 11.4. The molecule has 1 N–H and O–H groups in total. The molecule has 0 fully saturated rings. The van der Waals surface area contributed by atoms with E-state index < -0.39 is 15.0 Å². The summed E-state index contributed by atoms with van der Waals surface area (Å²) < 4.78 is 37.1. The highest BCUT2D eigenvalue weighted by atomic mass is 35.5. The van der Waals surface area contributed by atoms with Crippen molar-refractivity contribution in [2.75, 3.05) is 6.07 Å². The highest BCUT2D eigenvalue weighted by molar-refractivity contribution is 7.86. The smallest absolute Gasteiger partial charge is 0.299 e. The van der Waals surface area contributed by atoms with Crippen molar-refractivity contribution in [1.29, 1.82) is 0 Å². The fraction of sp³-hybridized carbons (Fsp3) is 0.154. The number of rotatable bonds is 4.